The smallest absolute Gasteiger partial charge is 0.235 e. The van der Waals surface area contributed by atoms with Gasteiger partial charge in [0.15, 0.2) is 0 Å². The van der Waals surface area contributed by atoms with Crippen molar-refractivity contribution in [3.63, 3.8) is 0 Å². The van der Waals surface area contributed by atoms with E-state index in [4.69, 9.17) is 16.3 Å². The monoisotopic (exact) mass is 279 g/mol. The van der Waals surface area contributed by atoms with Gasteiger partial charge in [0.25, 0.3) is 0 Å². The molecule has 0 saturated heterocycles. The first-order chi connectivity index (χ1) is 9.04. The molecule has 1 aliphatic carbocycles. The van der Waals surface area contributed by atoms with Crippen LogP contribution in [0.25, 0.3) is 0 Å². The fourth-order valence-corrected chi connectivity index (χ4v) is 3.08. The second kappa shape index (κ2) is 5.36. The van der Waals surface area contributed by atoms with Crippen molar-refractivity contribution in [2.75, 3.05) is 7.11 Å². The molecule has 102 valence electrons. The van der Waals surface area contributed by atoms with Crippen LogP contribution in [0.3, 0.4) is 0 Å². The van der Waals surface area contributed by atoms with Crippen LogP contribution in [0.15, 0.2) is 17.1 Å². The van der Waals surface area contributed by atoms with Gasteiger partial charge >= 0.3 is 0 Å². The number of carbonyl (C=O) groups excluding carboxylic acids is 1. The first-order valence-electron chi connectivity index (χ1n) is 6.51. The van der Waals surface area contributed by atoms with E-state index in [-0.39, 0.29) is 5.92 Å². The second-order valence-corrected chi connectivity index (χ2v) is 5.72. The summed E-state index contributed by atoms with van der Waals surface area (Å²) >= 11 is 6.38. The van der Waals surface area contributed by atoms with Crippen molar-refractivity contribution >= 4 is 17.7 Å². The molecule has 0 aromatic heterocycles. The molecule has 0 radical (unpaired) electrons. The molecule has 3 nitrogen and oxygen atoms in total. The topological polar surface area (TPSA) is 38.7 Å². The van der Waals surface area contributed by atoms with Gasteiger partial charge in [0, 0.05) is 10.6 Å². The molecule has 0 heterocycles. The Bertz CT molecular complexity index is 529. The quantitative estimate of drug-likeness (QED) is 0.612. The number of hydrogen-bond acceptors (Lipinski definition) is 3. The minimum absolute atomic E-state index is 0.281. The van der Waals surface area contributed by atoms with E-state index in [0.717, 1.165) is 36.1 Å². The molecular formula is C15H18ClNO2. The average molecular weight is 280 g/mol. The van der Waals surface area contributed by atoms with E-state index in [0.29, 0.717) is 5.02 Å². The summed E-state index contributed by atoms with van der Waals surface area (Å²) < 4.78 is 5.45. The molecule has 0 bridgehead atoms. The minimum atomic E-state index is -0.436. The number of isocyanates is 1. The highest BCUT2D eigenvalue weighted by Gasteiger charge is 2.39. The zero-order valence-electron chi connectivity index (χ0n) is 11.5. The Balaban J connectivity index is 2.54. The molecule has 0 spiro atoms. The van der Waals surface area contributed by atoms with Crippen LogP contribution in [-0.2, 0) is 10.3 Å². The van der Waals surface area contributed by atoms with Gasteiger partial charge in [0.1, 0.15) is 5.75 Å². The zero-order valence-corrected chi connectivity index (χ0v) is 12.3. The Labute approximate surface area is 118 Å². The molecule has 2 rings (SSSR count). The molecular weight excluding hydrogens is 262 g/mol. The molecule has 0 amide bonds. The van der Waals surface area contributed by atoms with Crippen LogP contribution in [-0.4, -0.2) is 13.2 Å². The van der Waals surface area contributed by atoms with Gasteiger partial charge in [-0.25, -0.2) is 4.79 Å². The van der Waals surface area contributed by atoms with Gasteiger partial charge in [-0.3, -0.25) is 0 Å². The maximum absolute atomic E-state index is 10.6. The normalized spacial score (nSPS) is 16.7. The highest BCUT2D eigenvalue weighted by molar-refractivity contribution is 6.31. The fraction of sp³-hybridized carbons (Fsp3) is 0.533. The molecule has 1 fully saturated rings. The summed E-state index contributed by atoms with van der Waals surface area (Å²) in [6.07, 6.45) is 4.49. The van der Waals surface area contributed by atoms with Crippen LogP contribution in [0, 0.1) is 0 Å². The maximum Gasteiger partial charge on any atom is 0.235 e. The third kappa shape index (κ3) is 2.41. The molecule has 19 heavy (non-hydrogen) atoms. The largest absolute Gasteiger partial charge is 0.496 e. The van der Waals surface area contributed by atoms with Crippen LogP contribution in [0.5, 0.6) is 5.75 Å². The third-order valence-corrected chi connectivity index (χ3v) is 4.18. The van der Waals surface area contributed by atoms with Crippen LogP contribution in [0.2, 0.25) is 5.02 Å². The summed E-state index contributed by atoms with van der Waals surface area (Å²) in [6, 6.07) is 3.88. The summed E-state index contributed by atoms with van der Waals surface area (Å²) in [5, 5.41) is 0.678. The first kappa shape index (κ1) is 14.1. The van der Waals surface area contributed by atoms with E-state index in [9.17, 15) is 4.79 Å². The average Bonchev–Trinajstić information content (AvgIpc) is 2.32. The second-order valence-electron chi connectivity index (χ2n) is 5.32. The number of halogens is 1. The number of benzene rings is 1. The van der Waals surface area contributed by atoms with Crippen LogP contribution in [0.1, 0.15) is 50.2 Å². The van der Waals surface area contributed by atoms with Gasteiger partial charge in [-0.15, -0.1) is 0 Å². The van der Waals surface area contributed by atoms with Crippen molar-refractivity contribution in [2.45, 2.75) is 44.6 Å². The van der Waals surface area contributed by atoms with E-state index in [2.05, 4.69) is 18.8 Å². The molecule has 1 saturated carbocycles. The van der Waals surface area contributed by atoms with E-state index >= 15 is 0 Å². The van der Waals surface area contributed by atoms with Crippen LogP contribution < -0.4 is 4.74 Å². The van der Waals surface area contributed by atoms with Crippen molar-refractivity contribution in [1.82, 2.24) is 0 Å². The Morgan fingerprint density at radius 2 is 2.11 bits per heavy atom. The molecule has 0 N–H and O–H groups in total. The molecule has 1 aromatic rings. The highest BCUT2D eigenvalue weighted by Crippen LogP contribution is 2.47. The van der Waals surface area contributed by atoms with Crippen molar-refractivity contribution in [3.8, 4) is 5.75 Å². The molecule has 0 unspecified atom stereocenters. The van der Waals surface area contributed by atoms with Crippen molar-refractivity contribution in [2.24, 2.45) is 4.99 Å². The Kier molecular flexibility index (Phi) is 3.98. The number of methoxy groups -OCH3 is 1. The summed E-state index contributed by atoms with van der Waals surface area (Å²) in [6.45, 7) is 4.15. The lowest BCUT2D eigenvalue weighted by atomic mass is 9.72. The van der Waals surface area contributed by atoms with E-state index in [1.807, 2.05) is 12.1 Å². The standard InChI is InChI=1S/C15H18ClNO2/c1-10(2)14-12(16)7-11(8-13(14)19-3)15(17-9-18)5-4-6-15/h7-8,10H,4-6H2,1-3H3. The molecule has 4 heteroatoms. The van der Waals surface area contributed by atoms with E-state index in [1.54, 1.807) is 13.2 Å². The highest BCUT2D eigenvalue weighted by atomic mass is 35.5. The minimum Gasteiger partial charge on any atom is -0.496 e. The van der Waals surface area contributed by atoms with Gasteiger partial charge in [0.2, 0.25) is 6.08 Å². The predicted molar refractivity (Wildman–Crippen MR) is 75.7 cm³/mol. The number of hydrogen-bond donors (Lipinski definition) is 0. The van der Waals surface area contributed by atoms with Gasteiger partial charge < -0.3 is 4.74 Å². The van der Waals surface area contributed by atoms with Crippen LogP contribution >= 0.6 is 11.6 Å². The lowest BCUT2D eigenvalue weighted by Gasteiger charge is -2.37. The lowest BCUT2D eigenvalue weighted by molar-refractivity contribution is 0.255. The maximum atomic E-state index is 10.6. The van der Waals surface area contributed by atoms with Crippen LogP contribution in [0.4, 0.5) is 0 Å². The number of aliphatic imine (C=N–C) groups is 1. The Morgan fingerprint density at radius 3 is 2.53 bits per heavy atom. The van der Waals surface area contributed by atoms with Gasteiger partial charge in [-0.2, -0.15) is 4.99 Å². The lowest BCUT2D eigenvalue weighted by Crippen LogP contribution is -2.32. The fourth-order valence-electron chi connectivity index (χ4n) is 2.65. The molecule has 1 aromatic carbocycles. The number of nitrogens with zero attached hydrogens (tertiary/aromatic N) is 1. The van der Waals surface area contributed by atoms with Crippen molar-refractivity contribution < 1.29 is 9.53 Å². The van der Waals surface area contributed by atoms with Gasteiger partial charge in [0.05, 0.1) is 12.6 Å². The third-order valence-electron chi connectivity index (χ3n) is 3.87. The number of ether oxygens (including phenoxy) is 1. The molecule has 0 aliphatic heterocycles. The Morgan fingerprint density at radius 1 is 1.42 bits per heavy atom. The summed E-state index contributed by atoms with van der Waals surface area (Å²) in [5.41, 5.74) is 1.51. The van der Waals surface area contributed by atoms with Gasteiger partial charge in [-0.05, 0) is 42.9 Å². The summed E-state index contributed by atoms with van der Waals surface area (Å²) in [7, 11) is 1.64. The number of rotatable bonds is 4. The first-order valence-corrected chi connectivity index (χ1v) is 6.89. The summed E-state index contributed by atoms with van der Waals surface area (Å²) in [4.78, 5) is 14.6. The zero-order chi connectivity index (χ0) is 14.0. The van der Waals surface area contributed by atoms with Gasteiger partial charge in [-0.1, -0.05) is 25.4 Å². The summed E-state index contributed by atoms with van der Waals surface area (Å²) in [5.74, 6) is 1.05. The van der Waals surface area contributed by atoms with Crippen molar-refractivity contribution in [3.05, 3.63) is 28.3 Å². The van der Waals surface area contributed by atoms with Crippen molar-refractivity contribution in [1.29, 1.82) is 0 Å². The van der Waals surface area contributed by atoms with E-state index < -0.39 is 5.54 Å². The Hall–Kier alpha value is -1.31. The SMILES string of the molecule is COc1cc(C2(N=C=O)CCC2)cc(Cl)c1C(C)C. The molecule has 1 aliphatic rings. The molecule has 0 atom stereocenters. The predicted octanol–water partition coefficient (Wildman–Crippen LogP) is 4.19. The van der Waals surface area contributed by atoms with E-state index in [1.165, 1.54) is 0 Å².